The zero-order chi connectivity index (χ0) is 14.0. The highest BCUT2D eigenvalue weighted by atomic mass is 79.9. The van der Waals surface area contributed by atoms with Crippen LogP contribution in [0.3, 0.4) is 0 Å². The lowest BCUT2D eigenvalue weighted by Crippen LogP contribution is -2.61. The van der Waals surface area contributed by atoms with Crippen molar-refractivity contribution >= 4 is 15.9 Å². The predicted molar refractivity (Wildman–Crippen MR) is 83.2 cm³/mol. The molecule has 110 valence electrons. The van der Waals surface area contributed by atoms with Gasteiger partial charge < -0.3 is 5.32 Å². The summed E-state index contributed by atoms with van der Waals surface area (Å²) in [4.78, 5) is 2.52. The fraction of sp³-hybridized carbons (Fsp3) is 0.625. The van der Waals surface area contributed by atoms with Crippen LogP contribution in [0, 0.1) is 5.82 Å². The molecule has 1 aromatic carbocycles. The smallest absolute Gasteiger partial charge is 0.128 e. The number of halogens is 2. The standard InChI is InChI=1S/C16H22BrFN2/c17-14-5-4-13(15(18)10-14)11-20-9-8-19-12-16(20)6-2-1-3-7-16/h4-5,10,19H,1-3,6-9,11-12H2. The average Bonchev–Trinajstić information content (AvgIpc) is 2.45. The van der Waals surface area contributed by atoms with Crippen LogP contribution < -0.4 is 5.32 Å². The summed E-state index contributed by atoms with van der Waals surface area (Å²) in [7, 11) is 0. The normalized spacial score (nSPS) is 23.1. The van der Waals surface area contributed by atoms with Crippen LogP contribution in [0.1, 0.15) is 37.7 Å². The molecule has 3 rings (SSSR count). The van der Waals surface area contributed by atoms with E-state index in [-0.39, 0.29) is 11.4 Å². The third-order valence-electron chi connectivity index (χ3n) is 4.84. The lowest BCUT2D eigenvalue weighted by atomic mass is 9.79. The summed E-state index contributed by atoms with van der Waals surface area (Å²) >= 11 is 3.33. The molecule has 2 fully saturated rings. The zero-order valence-corrected chi connectivity index (χ0v) is 13.4. The van der Waals surface area contributed by atoms with Gasteiger partial charge in [-0.2, -0.15) is 0 Å². The number of hydrogen-bond donors (Lipinski definition) is 1. The fourth-order valence-electron chi connectivity index (χ4n) is 3.69. The minimum atomic E-state index is -0.0936. The van der Waals surface area contributed by atoms with Crippen LogP contribution in [0.15, 0.2) is 22.7 Å². The molecule has 1 saturated carbocycles. The first kappa shape index (κ1) is 14.5. The number of nitrogens with zero attached hydrogens (tertiary/aromatic N) is 1. The molecule has 2 aliphatic rings. The number of rotatable bonds is 2. The Labute approximate surface area is 128 Å². The van der Waals surface area contributed by atoms with Gasteiger partial charge in [0.1, 0.15) is 5.82 Å². The van der Waals surface area contributed by atoms with Gasteiger partial charge in [0, 0.05) is 41.8 Å². The first-order chi connectivity index (χ1) is 9.70. The maximum Gasteiger partial charge on any atom is 0.128 e. The molecule has 1 heterocycles. The van der Waals surface area contributed by atoms with Gasteiger partial charge in [-0.25, -0.2) is 4.39 Å². The molecule has 0 unspecified atom stereocenters. The van der Waals surface area contributed by atoms with Gasteiger partial charge >= 0.3 is 0 Å². The molecule has 1 aliphatic heterocycles. The van der Waals surface area contributed by atoms with Crippen LogP contribution in [0.5, 0.6) is 0 Å². The minimum absolute atomic E-state index is 0.0936. The Kier molecular flexibility index (Phi) is 4.43. The Morgan fingerprint density at radius 2 is 2.05 bits per heavy atom. The summed E-state index contributed by atoms with van der Waals surface area (Å²) in [5.41, 5.74) is 1.08. The van der Waals surface area contributed by atoms with Crippen molar-refractivity contribution in [2.75, 3.05) is 19.6 Å². The van der Waals surface area contributed by atoms with E-state index in [0.29, 0.717) is 0 Å². The molecular weight excluding hydrogens is 319 g/mol. The van der Waals surface area contributed by atoms with Gasteiger partial charge in [0.15, 0.2) is 0 Å². The molecule has 1 spiro atoms. The molecule has 1 saturated heterocycles. The Balaban J connectivity index is 1.79. The van der Waals surface area contributed by atoms with Crippen LogP contribution in [0.2, 0.25) is 0 Å². The molecule has 0 aromatic heterocycles. The van der Waals surface area contributed by atoms with Gasteiger partial charge in [0.2, 0.25) is 0 Å². The van der Waals surface area contributed by atoms with E-state index in [1.54, 1.807) is 6.07 Å². The molecule has 0 bridgehead atoms. The number of piperazine rings is 1. The van der Waals surface area contributed by atoms with Crippen LogP contribution in [0.4, 0.5) is 4.39 Å². The summed E-state index contributed by atoms with van der Waals surface area (Å²) in [6.07, 6.45) is 6.46. The quantitative estimate of drug-likeness (QED) is 0.883. The van der Waals surface area contributed by atoms with Crippen molar-refractivity contribution in [1.82, 2.24) is 10.2 Å². The van der Waals surface area contributed by atoms with E-state index in [0.717, 1.165) is 36.2 Å². The predicted octanol–water partition coefficient (Wildman–Crippen LogP) is 3.70. The minimum Gasteiger partial charge on any atom is -0.314 e. The molecule has 1 aliphatic carbocycles. The highest BCUT2D eigenvalue weighted by Crippen LogP contribution is 2.35. The molecule has 0 amide bonds. The molecule has 0 atom stereocenters. The second-order valence-electron chi connectivity index (χ2n) is 6.12. The van der Waals surface area contributed by atoms with Gasteiger partial charge in [-0.15, -0.1) is 0 Å². The van der Waals surface area contributed by atoms with Gasteiger partial charge in [-0.05, 0) is 25.0 Å². The van der Waals surface area contributed by atoms with E-state index >= 15 is 0 Å². The maximum atomic E-state index is 14.1. The van der Waals surface area contributed by atoms with Crippen LogP contribution in [0.25, 0.3) is 0 Å². The van der Waals surface area contributed by atoms with E-state index < -0.39 is 0 Å². The van der Waals surface area contributed by atoms with Crippen molar-refractivity contribution in [3.63, 3.8) is 0 Å². The highest BCUT2D eigenvalue weighted by Gasteiger charge is 2.39. The molecule has 4 heteroatoms. The van der Waals surface area contributed by atoms with Crippen LogP contribution in [-0.2, 0) is 6.54 Å². The summed E-state index contributed by atoms with van der Waals surface area (Å²) in [5.74, 6) is -0.0936. The second-order valence-corrected chi connectivity index (χ2v) is 7.03. The summed E-state index contributed by atoms with van der Waals surface area (Å²) in [6.45, 7) is 3.83. The topological polar surface area (TPSA) is 15.3 Å². The second kappa shape index (κ2) is 6.12. The van der Waals surface area contributed by atoms with Gasteiger partial charge in [-0.1, -0.05) is 41.3 Å². The van der Waals surface area contributed by atoms with Gasteiger partial charge in [0.25, 0.3) is 0 Å². The van der Waals surface area contributed by atoms with Crippen LogP contribution in [-0.4, -0.2) is 30.1 Å². The maximum absolute atomic E-state index is 14.1. The Morgan fingerprint density at radius 3 is 2.80 bits per heavy atom. The molecule has 2 nitrogen and oxygen atoms in total. The van der Waals surface area contributed by atoms with E-state index in [1.165, 1.54) is 32.1 Å². The molecule has 0 radical (unpaired) electrons. The summed E-state index contributed by atoms with van der Waals surface area (Å²) in [5, 5.41) is 3.54. The van der Waals surface area contributed by atoms with Crippen molar-refractivity contribution < 1.29 is 4.39 Å². The first-order valence-electron chi connectivity index (χ1n) is 7.59. The van der Waals surface area contributed by atoms with E-state index in [1.807, 2.05) is 12.1 Å². The van der Waals surface area contributed by atoms with E-state index in [9.17, 15) is 4.39 Å². The third kappa shape index (κ3) is 2.92. The molecular formula is C16H22BrFN2. The van der Waals surface area contributed by atoms with Crippen molar-refractivity contribution in [3.8, 4) is 0 Å². The fourth-order valence-corrected chi connectivity index (χ4v) is 4.02. The van der Waals surface area contributed by atoms with Crippen molar-refractivity contribution in [1.29, 1.82) is 0 Å². The molecule has 1 aromatic rings. The lowest BCUT2D eigenvalue weighted by Gasteiger charge is -2.50. The largest absolute Gasteiger partial charge is 0.314 e. The summed E-state index contributed by atoms with van der Waals surface area (Å²) < 4.78 is 14.9. The SMILES string of the molecule is Fc1cc(Br)ccc1CN1CCNCC12CCCCC2. The van der Waals surface area contributed by atoms with Crippen LogP contribution >= 0.6 is 15.9 Å². The lowest BCUT2D eigenvalue weighted by molar-refractivity contribution is 0.0201. The van der Waals surface area contributed by atoms with E-state index in [2.05, 4.69) is 26.1 Å². The number of hydrogen-bond acceptors (Lipinski definition) is 2. The van der Waals surface area contributed by atoms with Gasteiger partial charge in [0.05, 0.1) is 0 Å². The number of benzene rings is 1. The average molecular weight is 341 g/mol. The van der Waals surface area contributed by atoms with Crippen molar-refractivity contribution in [2.45, 2.75) is 44.2 Å². The van der Waals surface area contributed by atoms with Gasteiger partial charge in [-0.3, -0.25) is 4.90 Å². The monoisotopic (exact) mass is 340 g/mol. The first-order valence-corrected chi connectivity index (χ1v) is 8.39. The molecule has 20 heavy (non-hydrogen) atoms. The Morgan fingerprint density at radius 1 is 1.25 bits per heavy atom. The Bertz CT molecular complexity index is 463. The zero-order valence-electron chi connectivity index (χ0n) is 11.8. The van der Waals surface area contributed by atoms with Crippen molar-refractivity contribution in [3.05, 3.63) is 34.1 Å². The number of nitrogens with one attached hydrogen (secondary N) is 1. The summed E-state index contributed by atoms with van der Waals surface area (Å²) in [6, 6.07) is 5.43. The van der Waals surface area contributed by atoms with E-state index in [4.69, 9.17) is 0 Å². The third-order valence-corrected chi connectivity index (χ3v) is 5.34. The van der Waals surface area contributed by atoms with Crippen molar-refractivity contribution in [2.24, 2.45) is 0 Å². The molecule has 1 N–H and O–H groups in total. The Hall–Kier alpha value is -0.450. The highest BCUT2D eigenvalue weighted by molar-refractivity contribution is 9.10.